The van der Waals surface area contributed by atoms with Gasteiger partial charge in [-0.25, -0.2) is 4.90 Å². The third-order valence-electron chi connectivity index (χ3n) is 5.32. The van der Waals surface area contributed by atoms with Crippen LogP contribution in [-0.2, 0) is 16.1 Å². The Labute approximate surface area is 172 Å². The zero-order valence-electron chi connectivity index (χ0n) is 15.4. The highest BCUT2D eigenvalue weighted by Crippen LogP contribution is 2.39. The highest BCUT2D eigenvalue weighted by atomic mass is 35.5. The first kappa shape index (κ1) is 19.1. The van der Waals surface area contributed by atoms with Gasteiger partial charge in [-0.05, 0) is 42.7 Å². The van der Waals surface area contributed by atoms with Crippen molar-refractivity contribution in [3.63, 3.8) is 0 Å². The lowest BCUT2D eigenvalue weighted by Crippen LogP contribution is -2.30. The van der Waals surface area contributed by atoms with Crippen LogP contribution in [0.3, 0.4) is 0 Å². The quantitative estimate of drug-likeness (QED) is 0.342. The van der Waals surface area contributed by atoms with Gasteiger partial charge in [0.2, 0.25) is 11.8 Å². The maximum Gasteiger partial charge on any atom is 0.294 e. The topological polar surface area (TPSA) is 92.6 Å². The molecule has 2 aromatic rings. The lowest BCUT2D eigenvalue weighted by atomic mass is 9.85. The van der Waals surface area contributed by atoms with Crippen molar-refractivity contribution in [1.82, 2.24) is 0 Å². The molecule has 4 rings (SSSR count). The van der Waals surface area contributed by atoms with E-state index in [1.807, 2.05) is 18.2 Å². The van der Waals surface area contributed by atoms with Gasteiger partial charge in [-0.15, -0.1) is 0 Å². The second-order valence-electron chi connectivity index (χ2n) is 7.11. The molecule has 148 valence electrons. The Hall–Kier alpha value is -3.19. The number of hydrogen-bond donors (Lipinski definition) is 1. The first-order chi connectivity index (χ1) is 14.0. The van der Waals surface area contributed by atoms with Gasteiger partial charge in [0.25, 0.3) is 5.69 Å². The molecular weight excluding hydrogens is 394 g/mol. The second kappa shape index (κ2) is 7.67. The van der Waals surface area contributed by atoms with Crippen LogP contribution in [0.5, 0.6) is 0 Å². The molecule has 0 aromatic heterocycles. The van der Waals surface area contributed by atoms with Crippen molar-refractivity contribution in [3.05, 3.63) is 75.3 Å². The Bertz CT molecular complexity index is 1010. The molecular formula is C21H18ClN3O4. The summed E-state index contributed by atoms with van der Waals surface area (Å²) in [5, 5.41) is 15.2. The molecule has 0 bridgehead atoms. The fourth-order valence-corrected chi connectivity index (χ4v) is 4.07. The fourth-order valence-electron chi connectivity index (χ4n) is 3.86. The number of nitrogens with zero attached hydrogens (tertiary/aromatic N) is 2. The highest BCUT2D eigenvalue weighted by molar-refractivity contribution is 6.30. The van der Waals surface area contributed by atoms with Crippen LogP contribution in [0, 0.1) is 22.0 Å². The van der Waals surface area contributed by atoms with Crippen molar-refractivity contribution in [2.45, 2.75) is 19.4 Å². The smallest absolute Gasteiger partial charge is 0.294 e. The van der Waals surface area contributed by atoms with E-state index in [0.29, 0.717) is 30.1 Å². The van der Waals surface area contributed by atoms with Crippen LogP contribution in [0.1, 0.15) is 18.4 Å². The Morgan fingerprint density at radius 2 is 1.76 bits per heavy atom. The summed E-state index contributed by atoms with van der Waals surface area (Å²) in [6, 6.07) is 11.5. The molecule has 2 amide bonds. The first-order valence-corrected chi connectivity index (χ1v) is 9.63. The Balaban J connectivity index is 1.60. The average Bonchev–Trinajstić information content (AvgIpc) is 2.97. The van der Waals surface area contributed by atoms with Crippen molar-refractivity contribution in [1.29, 1.82) is 0 Å². The number of fused-ring (bicyclic) bond motifs is 1. The molecule has 7 nitrogen and oxygen atoms in total. The summed E-state index contributed by atoms with van der Waals surface area (Å²) in [5.41, 5.74) is 1.21. The molecule has 2 aromatic carbocycles. The van der Waals surface area contributed by atoms with Crippen molar-refractivity contribution < 1.29 is 14.5 Å². The third kappa shape index (κ3) is 3.61. The minimum Gasteiger partial charge on any atom is -0.375 e. The second-order valence-corrected chi connectivity index (χ2v) is 7.55. The Kier molecular flexibility index (Phi) is 5.07. The molecule has 0 unspecified atom stereocenters. The average molecular weight is 412 g/mol. The number of allylic oxidation sites excluding steroid dienone is 2. The normalized spacial score (nSPS) is 20.7. The van der Waals surface area contributed by atoms with Gasteiger partial charge in [0.1, 0.15) is 5.69 Å². The van der Waals surface area contributed by atoms with E-state index < -0.39 is 4.92 Å². The van der Waals surface area contributed by atoms with Crippen LogP contribution in [-0.4, -0.2) is 16.7 Å². The molecule has 2 aliphatic rings. The van der Waals surface area contributed by atoms with Crippen LogP contribution in [0.4, 0.5) is 17.1 Å². The van der Waals surface area contributed by atoms with Gasteiger partial charge in [0, 0.05) is 17.6 Å². The molecule has 2 atom stereocenters. The monoisotopic (exact) mass is 411 g/mol. The molecule has 1 aliphatic carbocycles. The standard InChI is InChI=1S/C21H18ClN3O4/c22-14-5-3-4-13(10-14)12-23-18-9-8-15(11-19(18)25(28)29)24-20(26)16-6-1-2-7-17(16)21(24)27/h1-5,8-11,16-17,23H,6-7,12H2/t16-,17-/m0/s1. The van der Waals surface area contributed by atoms with Gasteiger partial charge in [-0.1, -0.05) is 35.9 Å². The van der Waals surface area contributed by atoms with E-state index in [1.54, 1.807) is 24.3 Å². The van der Waals surface area contributed by atoms with E-state index >= 15 is 0 Å². The maximum absolute atomic E-state index is 12.7. The molecule has 1 saturated heterocycles. The summed E-state index contributed by atoms with van der Waals surface area (Å²) in [6.45, 7) is 0.345. The number of carbonyl (C=O) groups excluding carboxylic acids is 2. The number of hydrogen-bond acceptors (Lipinski definition) is 5. The molecule has 1 heterocycles. The molecule has 0 spiro atoms. The summed E-state index contributed by atoms with van der Waals surface area (Å²) < 4.78 is 0. The molecule has 1 N–H and O–H groups in total. The number of anilines is 2. The highest BCUT2D eigenvalue weighted by Gasteiger charge is 2.48. The van der Waals surface area contributed by atoms with Gasteiger partial charge in [0.15, 0.2) is 0 Å². The number of nitro benzene ring substituents is 1. The van der Waals surface area contributed by atoms with Crippen LogP contribution in [0.2, 0.25) is 5.02 Å². The molecule has 0 radical (unpaired) electrons. The Morgan fingerprint density at radius 1 is 1.07 bits per heavy atom. The molecule has 1 fully saturated rings. The first-order valence-electron chi connectivity index (χ1n) is 9.25. The van der Waals surface area contributed by atoms with Crippen LogP contribution in [0.15, 0.2) is 54.6 Å². The summed E-state index contributed by atoms with van der Waals surface area (Å²) in [6.07, 6.45) is 4.85. The molecule has 0 saturated carbocycles. The lowest BCUT2D eigenvalue weighted by molar-refractivity contribution is -0.383. The van der Waals surface area contributed by atoms with E-state index in [9.17, 15) is 19.7 Å². The lowest BCUT2D eigenvalue weighted by Gasteiger charge is -2.16. The van der Waals surface area contributed by atoms with E-state index in [0.717, 1.165) is 10.5 Å². The molecule has 29 heavy (non-hydrogen) atoms. The van der Waals surface area contributed by atoms with Gasteiger partial charge in [-0.2, -0.15) is 0 Å². The largest absolute Gasteiger partial charge is 0.375 e. The van der Waals surface area contributed by atoms with Crippen molar-refractivity contribution in [3.8, 4) is 0 Å². The predicted molar refractivity (Wildman–Crippen MR) is 110 cm³/mol. The number of imide groups is 1. The van der Waals surface area contributed by atoms with Gasteiger partial charge < -0.3 is 5.32 Å². The number of nitrogens with one attached hydrogen (secondary N) is 1. The number of nitro groups is 1. The van der Waals surface area contributed by atoms with E-state index in [1.165, 1.54) is 12.1 Å². The number of rotatable bonds is 5. The number of halogens is 1. The summed E-state index contributed by atoms with van der Waals surface area (Å²) in [7, 11) is 0. The van der Waals surface area contributed by atoms with E-state index in [2.05, 4.69) is 5.32 Å². The SMILES string of the molecule is O=C1[C@H]2CC=CC[C@@H]2C(=O)N1c1ccc(NCc2cccc(Cl)c2)c([N+](=O)[O-])c1. The van der Waals surface area contributed by atoms with Crippen LogP contribution < -0.4 is 10.2 Å². The van der Waals surface area contributed by atoms with Gasteiger partial charge >= 0.3 is 0 Å². The fraction of sp³-hybridized carbons (Fsp3) is 0.238. The minimum atomic E-state index is -0.524. The zero-order valence-corrected chi connectivity index (χ0v) is 16.1. The van der Waals surface area contributed by atoms with Crippen molar-refractivity contribution >= 4 is 40.5 Å². The van der Waals surface area contributed by atoms with E-state index in [4.69, 9.17) is 11.6 Å². The number of amides is 2. The third-order valence-corrected chi connectivity index (χ3v) is 5.55. The number of benzene rings is 2. The van der Waals surface area contributed by atoms with Crippen LogP contribution in [0.25, 0.3) is 0 Å². The van der Waals surface area contributed by atoms with E-state index in [-0.39, 0.29) is 35.0 Å². The predicted octanol–water partition coefficient (Wildman–Crippen LogP) is 4.32. The van der Waals surface area contributed by atoms with Crippen molar-refractivity contribution in [2.75, 3.05) is 10.2 Å². The minimum absolute atomic E-state index is 0.196. The molecule has 8 heteroatoms. The summed E-state index contributed by atoms with van der Waals surface area (Å²) in [5.74, 6) is -1.35. The summed E-state index contributed by atoms with van der Waals surface area (Å²) in [4.78, 5) is 37.6. The van der Waals surface area contributed by atoms with Crippen LogP contribution >= 0.6 is 11.6 Å². The van der Waals surface area contributed by atoms with Gasteiger partial charge in [-0.3, -0.25) is 19.7 Å². The maximum atomic E-state index is 12.7. The van der Waals surface area contributed by atoms with Crippen molar-refractivity contribution in [2.24, 2.45) is 11.8 Å². The zero-order chi connectivity index (χ0) is 20.5. The number of carbonyl (C=O) groups is 2. The van der Waals surface area contributed by atoms with Gasteiger partial charge in [0.05, 0.1) is 22.4 Å². The summed E-state index contributed by atoms with van der Waals surface area (Å²) >= 11 is 5.97. The molecule has 1 aliphatic heterocycles. The Morgan fingerprint density at radius 3 is 2.38 bits per heavy atom.